The standard InChI is InChI=1S/C19H22N2O2/c1-14-10-12-16(13-11-14)20-21-17(15-8-6-5-7-9-15)18(22)23-19(2,3)4/h5-13,20H,1-4H3/b21-17-. The van der Waals surface area contributed by atoms with E-state index in [9.17, 15) is 4.79 Å². The maximum atomic E-state index is 12.4. The zero-order chi connectivity index (χ0) is 16.9. The fourth-order valence-corrected chi connectivity index (χ4v) is 1.90. The lowest BCUT2D eigenvalue weighted by atomic mass is 10.1. The Balaban J connectivity index is 2.27. The van der Waals surface area contributed by atoms with Gasteiger partial charge >= 0.3 is 5.97 Å². The van der Waals surface area contributed by atoms with Gasteiger partial charge < -0.3 is 4.74 Å². The third-order valence-corrected chi connectivity index (χ3v) is 2.99. The molecule has 0 aliphatic carbocycles. The average Bonchev–Trinajstić information content (AvgIpc) is 2.48. The zero-order valence-corrected chi connectivity index (χ0v) is 14.0. The van der Waals surface area contributed by atoms with Crippen LogP contribution in [0.1, 0.15) is 31.9 Å². The molecule has 0 unspecified atom stereocenters. The number of hydrogen-bond donors (Lipinski definition) is 1. The number of benzene rings is 2. The second kappa shape index (κ2) is 7.09. The molecule has 120 valence electrons. The first kappa shape index (κ1) is 16.7. The van der Waals surface area contributed by atoms with Gasteiger partial charge in [-0.25, -0.2) is 4.79 Å². The Labute approximate surface area is 137 Å². The number of hydrogen-bond acceptors (Lipinski definition) is 4. The van der Waals surface area contributed by atoms with Crippen LogP contribution < -0.4 is 5.43 Å². The van der Waals surface area contributed by atoms with Crippen molar-refractivity contribution in [2.75, 3.05) is 5.43 Å². The number of rotatable bonds is 4. The SMILES string of the molecule is Cc1ccc(N/N=C(\C(=O)OC(C)(C)C)c2ccccc2)cc1. The molecular formula is C19H22N2O2. The molecule has 4 heteroatoms. The van der Waals surface area contributed by atoms with Crippen LogP contribution in [0.5, 0.6) is 0 Å². The molecular weight excluding hydrogens is 288 g/mol. The summed E-state index contributed by atoms with van der Waals surface area (Å²) in [5.74, 6) is -0.455. The average molecular weight is 310 g/mol. The Morgan fingerprint density at radius 1 is 1.00 bits per heavy atom. The molecule has 1 N–H and O–H groups in total. The first-order valence-corrected chi connectivity index (χ1v) is 7.54. The van der Waals surface area contributed by atoms with Crippen molar-refractivity contribution in [2.45, 2.75) is 33.3 Å². The van der Waals surface area contributed by atoms with E-state index in [1.54, 1.807) is 0 Å². The highest BCUT2D eigenvalue weighted by molar-refractivity contribution is 6.43. The summed E-state index contributed by atoms with van der Waals surface area (Å²) in [6.45, 7) is 7.52. The lowest BCUT2D eigenvalue weighted by Crippen LogP contribution is -2.30. The van der Waals surface area contributed by atoms with Gasteiger partial charge in [-0.05, 0) is 39.8 Å². The van der Waals surface area contributed by atoms with Crippen LogP contribution in [0.15, 0.2) is 59.7 Å². The van der Waals surface area contributed by atoms with E-state index in [-0.39, 0.29) is 5.71 Å². The molecule has 0 aliphatic rings. The van der Waals surface area contributed by atoms with Gasteiger partial charge in [0.05, 0.1) is 5.69 Å². The Bertz CT molecular complexity index is 684. The van der Waals surface area contributed by atoms with Crippen LogP contribution in [0, 0.1) is 6.92 Å². The van der Waals surface area contributed by atoms with Gasteiger partial charge in [0.15, 0.2) is 5.71 Å². The van der Waals surface area contributed by atoms with E-state index in [4.69, 9.17) is 4.74 Å². The number of ether oxygens (including phenoxy) is 1. The lowest BCUT2D eigenvalue weighted by molar-refractivity contribution is -0.146. The molecule has 2 aromatic carbocycles. The number of hydrazone groups is 1. The summed E-state index contributed by atoms with van der Waals surface area (Å²) in [5, 5.41) is 4.27. The summed E-state index contributed by atoms with van der Waals surface area (Å²) in [6, 6.07) is 17.1. The minimum Gasteiger partial charge on any atom is -0.455 e. The Morgan fingerprint density at radius 2 is 1.61 bits per heavy atom. The molecule has 2 aromatic rings. The summed E-state index contributed by atoms with van der Waals surface area (Å²) in [6.07, 6.45) is 0. The van der Waals surface area contributed by atoms with Crippen LogP contribution in [-0.2, 0) is 9.53 Å². The molecule has 0 spiro atoms. The highest BCUT2D eigenvalue weighted by Gasteiger charge is 2.22. The maximum Gasteiger partial charge on any atom is 0.359 e. The molecule has 0 saturated carbocycles. The summed E-state index contributed by atoms with van der Waals surface area (Å²) in [4.78, 5) is 12.4. The molecule has 0 atom stereocenters. The lowest BCUT2D eigenvalue weighted by Gasteiger charge is -2.20. The molecule has 0 fully saturated rings. The molecule has 0 heterocycles. The van der Waals surface area contributed by atoms with Crippen LogP contribution >= 0.6 is 0 Å². The third kappa shape index (κ3) is 5.25. The van der Waals surface area contributed by atoms with E-state index in [2.05, 4.69) is 10.5 Å². The number of nitrogens with one attached hydrogen (secondary N) is 1. The number of carbonyl (C=O) groups is 1. The fraction of sp³-hybridized carbons (Fsp3) is 0.263. The van der Waals surface area contributed by atoms with Gasteiger partial charge in [0.25, 0.3) is 0 Å². The molecule has 0 amide bonds. The van der Waals surface area contributed by atoms with Gasteiger partial charge in [0.2, 0.25) is 0 Å². The topological polar surface area (TPSA) is 50.7 Å². The normalized spacial score (nSPS) is 11.9. The van der Waals surface area contributed by atoms with E-state index in [0.717, 1.165) is 11.3 Å². The van der Waals surface area contributed by atoms with E-state index < -0.39 is 11.6 Å². The highest BCUT2D eigenvalue weighted by Crippen LogP contribution is 2.13. The molecule has 23 heavy (non-hydrogen) atoms. The van der Waals surface area contributed by atoms with Gasteiger partial charge in [0.1, 0.15) is 5.60 Å². The Kier molecular flexibility index (Phi) is 5.16. The van der Waals surface area contributed by atoms with Crippen molar-refractivity contribution < 1.29 is 9.53 Å². The molecule has 0 saturated heterocycles. The maximum absolute atomic E-state index is 12.4. The molecule has 0 aromatic heterocycles. The minimum absolute atomic E-state index is 0.251. The first-order valence-electron chi connectivity index (χ1n) is 7.54. The summed E-state index contributed by atoms with van der Waals surface area (Å²) >= 11 is 0. The number of carbonyl (C=O) groups excluding carboxylic acids is 1. The molecule has 2 rings (SSSR count). The van der Waals surface area contributed by atoms with Gasteiger partial charge in [-0.3, -0.25) is 5.43 Å². The summed E-state index contributed by atoms with van der Waals surface area (Å²) in [7, 11) is 0. The molecule has 0 bridgehead atoms. The third-order valence-electron chi connectivity index (χ3n) is 2.99. The monoisotopic (exact) mass is 310 g/mol. The van der Waals surface area contributed by atoms with Crippen molar-refractivity contribution in [2.24, 2.45) is 5.10 Å². The van der Waals surface area contributed by atoms with Crippen molar-refractivity contribution in [1.29, 1.82) is 0 Å². The second-order valence-electron chi connectivity index (χ2n) is 6.31. The van der Waals surface area contributed by atoms with E-state index in [0.29, 0.717) is 5.56 Å². The number of nitrogens with zero attached hydrogens (tertiary/aromatic N) is 1. The van der Waals surface area contributed by atoms with Crippen molar-refractivity contribution in [3.63, 3.8) is 0 Å². The van der Waals surface area contributed by atoms with Crippen LogP contribution in [0.2, 0.25) is 0 Å². The van der Waals surface area contributed by atoms with Gasteiger partial charge in [0, 0.05) is 5.56 Å². The molecule has 0 aliphatic heterocycles. The van der Waals surface area contributed by atoms with Crippen LogP contribution in [0.3, 0.4) is 0 Å². The number of anilines is 1. The van der Waals surface area contributed by atoms with Crippen molar-refractivity contribution in [3.05, 3.63) is 65.7 Å². The summed E-state index contributed by atoms with van der Waals surface area (Å²) in [5.41, 5.74) is 5.29. The molecule has 4 nitrogen and oxygen atoms in total. The van der Waals surface area contributed by atoms with Crippen LogP contribution in [0.25, 0.3) is 0 Å². The van der Waals surface area contributed by atoms with Crippen LogP contribution in [0.4, 0.5) is 5.69 Å². The van der Waals surface area contributed by atoms with Gasteiger partial charge in [-0.1, -0.05) is 48.0 Å². The first-order chi connectivity index (χ1) is 10.8. The zero-order valence-electron chi connectivity index (χ0n) is 14.0. The highest BCUT2D eigenvalue weighted by atomic mass is 16.6. The van der Waals surface area contributed by atoms with Crippen molar-refractivity contribution in [3.8, 4) is 0 Å². The largest absolute Gasteiger partial charge is 0.455 e. The van der Waals surface area contributed by atoms with Crippen molar-refractivity contribution in [1.82, 2.24) is 0 Å². The quantitative estimate of drug-likeness (QED) is 0.524. The fourth-order valence-electron chi connectivity index (χ4n) is 1.90. The summed E-state index contributed by atoms with van der Waals surface area (Å²) < 4.78 is 5.45. The number of aryl methyl sites for hydroxylation is 1. The van der Waals surface area contributed by atoms with Crippen molar-refractivity contribution >= 4 is 17.4 Å². The number of esters is 1. The van der Waals surface area contributed by atoms with E-state index in [1.165, 1.54) is 0 Å². The predicted molar refractivity (Wildman–Crippen MR) is 93.6 cm³/mol. The minimum atomic E-state index is -0.573. The Hall–Kier alpha value is -2.62. The van der Waals surface area contributed by atoms with Gasteiger partial charge in [-0.2, -0.15) is 5.10 Å². The van der Waals surface area contributed by atoms with E-state index >= 15 is 0 Å². The second-order valence-corrected chi connectivity index (χ2v) is 6.31. The predicted octanol–water partition coefficient (Wildman–Crippen LogP) is 4.15. The Morgan fingerprint density at radius 3 is 2.17 bits per heavy atom. The van der Waals surface area contributed by atoms with E-state index in [1.807, 2.05) is 82.3 Å². The molecule has 0 radical (unpaired) electrons. The smallest absolute Gasteiger partial charge is 0.359 e. The van der Waals surface area contributed by atoms with Crippen LogP contribution in [-0.4, -0.2) is 17.3 Å². The van der Waals surface area contributed by atoms with Gasteiger partial charge in [-0.15, -0.1) is 0 Å².